The van der Waals surface area contributed by atoms with Crippen LogP contribution in [0, 0.1) is 0 Å². The van der Waals surface area contributed by atoms with Crippen molar-refractivity contribution in [3.8, 4) is 11.6 Å². The summed E-state index contributed by atoms with van der Waals surface area (Å²) in [6, 6.07) is 3.26. The molecule has 0 radical (unpaired) electrons. The van der Waals surface area contributed by atoms with E-state index in [1.165, 1.54) is 6.26 Å². The molecule has 0 saturated carbocycles. The molecule has 0 aliphatic rings. The molecular formula is C10H10F3N5O2S. The third kappa shape index (κ3) is 4.15. The van der Waals surface area contributed by atoms with Crippen LogP contribution in [0.5, 0.6) is 0 Å². The lowest BCUT2D eigenvalue weighted by molar-refractivity contribution is -0.136. The van der Waals surface area contributed by atoms with Gasteiger partial charge in [0.05, 0.1) is 12.0 Å². The summed E-state index contributed by atoms with van der Waals surface area (Å²) in [5, 5.41) is 9.45. The Balaban J connectivity index is 1.91. The molecule has 0 atom stereocenters. The maximum Gasteiger partial charge on any atom is 0.405 e. The van der Waals surface area contributed by atoms with Crippen LogP contribution in [0.3, 0.4) is 0 Å². The minimum absolute atomic E-state index is 0.184. The first-order chi connectivity index (χ1) is 9.87. The molecule has 0 aliphatic carbocycles. The van der Waals surface area contributed by atoms with Crippen LogP contribution in [0.1, 0.15) is 0 Å². The molecule has 21 heavy (non-hydrogen) atoms. The van der Waals surface area contributed by atoms with Gasteiger partial charge in [-0.2, -0.15) is 13.2 Å². The van der Waals surface area contributed by atoms with Crippen molar-refractivity contribution in [3.63, 3.8) is 0 Å². The lowest BCUT2D eigenvalue weighted by atomic mass is 10.4. The Bertz CT molecular complexity index is 611. The third-order valence-corrected chi connectivity index (χ3v) is 3.17. The minimum atomic E-state index is -4.44. The number of thioether (sulfide) groups is 1. The molecule has 0 aromatic carbocycles. The highest BCUT2D eigenvalue weighted by Crippen LogP contribution is 2.21. The number of halogens is 3. The van der Waals surface area contributed by atoms with Gasteiger partial charge in [-0.1, -0.05) is 11.8 Å². The number of aromatic nitrogens is 3. The molecule has 0 unspecified atom stereocenters. The highest BCUT2D eigenvalue weighted by molar-refractivity contribution is 7.99. The van der Waals surface area contributed by atoms with E-state index in [2.05, 4.69) is 10.2 Å². The summed E-state index contributed by atoms with van der Waals surface area (Å²) in [5.74, 6) is 5.32. The predicted octanol–water partition coefficient (Wildman–Crippen LogP) is 1.02. The topological polar surface area (TPSA) is 99.0 Å². The van der Waals surface area contributed by atoms with Gasteiger partial charge in [-0.25, -0.2) is 4.68 Å². The molecular weight excluding hydrogens is 311 g/mol. The molecule has 11 heteroatoms. The zero-order valence-electron chi connectivity index (χ0n) is 10.4. The van der Waals surface area contributed by atoms with Gasteiger partial charge in [0.25, 0.3) is 0 Å². The summed E-state index contributed by atoms with van der Waals surface area (Å²) >= 11 is 0.867. The number of furan rings is 1. The zero-order chi connectivity index (χ0) is 15.5. The maximum absolute atomic E-state index is 11.9. The predicted molar refractivity (Wildman–Crippen MR) is 67.7 cm³/mol. The number of hydrogen-bond donors (Lipinski definition) is 2. The van der Waals surface area contributed by atoms with Crippen molar-refractivity contribution in [2.75, 3.05) is 18.1 Å². The summed E-state index contributed by atoms with van der Waals surface area (Å²) in [6.45, 7) is -1.38. The zero-order valence-corrected chi connectivity index (χ0v) is 11.2. The van der Waals surface area contributed by atoms with Crippen LogP contribution < -0.4 is 11.2 Å². The Morgan fingerprint density at radius 2 is 2.24 bits per heavy atom. The molecule has 0 aliphatic heterocycles. The molecule has 2 heterocycles. The standard InChI is InChI=1S/C10H10F3N5O2S/c11-10(12,13)5-15-7(19)4-21-9-17-16-8(18(9)14)6-2-1-3-20-6/h1-3H,4-5,14H2,(H,15,19). The van der Waals surface area contributed by atoms with E-state index in [0.717, 1.165) is 16.4 Å². The Kier molecular flexibility index (Phi) is 4.40. The van der Waals surface area contributed by atoms with Crippen LogP contribution in [0.25, 0.3) is 11.6 Å². The second-order valence-corrected chi connectivity index (χ2v) is 4.78. The van der Waals surface area contributed by atoms with E-state index in [1.54, 1.807) is 17.4 Å². The molecule has 7 nitrogen and oxygen atoms in total. The highest BCUT2D eigenvalue weighted by Gasteiger charge is 2.27. The van der Waals surface area contributed by atoms with E-state index < -0.39 is 18.6 Å². The number of carbonyl (C=O) groups is 1. The van der Waals surface area contributed by atoms with Gasteiger partial charge in [-0.3, -0.25) is 4.79 Å². The van der Waals surface area contributed by atoms with Crippen molar-refractivity contribution in [1.29, 1.82) is 0 Å². The number of rotatable bonds is 5. The SMILES string of the molecule is Nn1c(SCC(=O)NCC(F)(F)F)nnc1-c1ccco1. The fraction of sp³-hybridized carbons (Fsp3) is 0.300. The Labute approximate surface area is 120 Å². The molecule has 0 saturated heterocycles. The van der Waals surface area contributed by atoms with E-state index >= 15 is 0 Å². The first-order valence-electron chi connectivity index (χ1n) is 5.57. The summed E-state index contributed by atoms with van der Waals surface area (Å²) in [5.41, 5.74) is 0. The van der Waals surface area contributed by atoms with Gasteiger partial charge in [-0.05, 0) is 12.1 Å². The molecule has 2 aromatic heterocycles. The number of nitrogens with two attached hydrogens (primary N) is 1. The Morgan fingerprint density at radius 1 is 1.48 bits per heavy atom. The van der Waals surface area contributed by atoms with Crippen molar-refractivity contribution < 1.29 is 22.4 Å². The number of nitrogen functional groups attached to an aromatic ring is 1. The molecule has 2 aromatic rings. The monoisotopic (exact) mass is 321 g/mol. The van der Waals surface area contributed by atoms with Gasteiger partial charge in [0.2, 0.25) is 16.9 Å². The molecule has 0 fully saturated rings. The number of nitrogens with one attached hydrogen (secondary N) is 1. The number of hydrogen-bond acceptors (Lipinski definition) is 6. The second kappa shape index (κ2) is 6.08. The van der Waals surface area contributed by atoms with Gasteiger partial charge in [0, 0.05) is 0 Å². The quantitative estimate of drug-likeness (QED) is 0.630. The first kappa shape index (κ1) is 15.2. The van der Waals surface area contributed by atoms with Crippen molar-refractivity contribution in [1.82, 2.24) is 20.2 Å². The largest absolute Gasteiger partial charge is 0.461 e. The van der Waals surface area contributed by atoms with E-state index in [0.29, 0.717) is 5.76 Å². The summed E-state index contributed by atoms with van der Waals surface area (Å²) in [6.07, 6.45) is -3.01. The van der Waals surface area contributed by atoms with Crippen LogP contribution in [0.4, 0.5) is 13.2 Å². The summed E-state index contributed by atoms with van der Waals surface area (Å²) < 4.78 is 42.0. The minimum Gasteiger partial charge on any atom is -0.461 e. The van der Waals surface area contributed by atoms with Crippen molar-refractivity contribution >= 4 is 17.7 Å². The Morgan fingerprint density at radius 3 is 2.86 bits per heavy atom. The average Bonchev–Trinajstić information content (AvgIpc) is 3.02. The van der Waals surface area contributed by atoms with Gasteiger partial charge in [0.1, 0.15) is 6.54 Å². The number of nitrogens with zero attached hydrogens (tertiary/aromatic N) is 3. The van der Waals surface area contributed by atoms with Crippen LogP contribution in [0.15, 0.2) is 28.0 Å². The lowest BCUT2D eigenvalue weighted by Crippen LogP contribution is -2.34. The van der Waals surface area contributed by atoms with E-state index in [-0.39, 0.29) is 16.7 Å². The maximum atomic E-state index is 11.9. The van der Waals surface area contributed by atoms with Crippen molar-refractivity contribution in [2.45, 2.75) is 11.3 Å². The van der Waals surface area contributed by atoms with E-state index in [4.69, 9.17) is 10.3 Å². The fourth-order valence-electron chi connectivity index (χ4n) is 1.33. The highest BCUT2D eigenvalue weighted by atomic mass is 32.2. The molecule has 0 spiro atoms. The van der Waals surface area contributed by atoms with Gasteiger partial charge < -0.3 is 15.6 Å². The van der Waals surface area contributed by atoms with Gasteiger partial charge in [0.15, 0.2) is 5.76 Å². The molecule has 1 amide bonds. The second-order valence-electron chi connectivity index (χ2n) is 3.83. The molecule has 114 valence electrons. The van der Waals surface area contributed by atoms with Gasteiger partial charge >= 0.3 is 6.18 Å². The smallest absolute Gasteiger partial charge is 0.405 e. The lowest BCUT2D eigenvalue weighted by Gasteiger charge is -2.07. The van der Waals surface area contributed by atoms with Crippen LogP contribution >= 0.6 is 11.8 Å². The Hall–Kier alpha value is -2.17. The van der Waals surface area contributed by atoms with Crippen LogP contribution in [0.2, 0.25) is 0 Å². The van der Waals surface area contributed by atoms with E-state index in [9.17, 15) is 18.0 Å². The number of amides is 1. The molecule has 0 bridgehead atoms. The third-order valence-electron chi connectivity index (χ3n) is 2.22. The van der Waals surface area contributed by atoms with Gasteiger partial charge in [-0.15, -0.1) is 10.2 Å². The number of carbonyl (C=O) groups excluding carboxylic acids is 1. The average molecular weight is 321 g/mol. The fourth-order valence-corrected chi connectivity index (χ4v) is 2.02. The van der Waals surface area contributed by atoms with Crippen molar-refractivity contribution in [2.24, 2.45) is 0 Å². The van der Waals surface area contributed by atoms with Crippen LogP contribution in [-0.2, 0) is 4.79 Å². The molecule has 3 N–H and O–H groups in total. The molecule has 2 rings (SSSR count). The number of alkyl halides is 3. The summed E-state index contributed by atoms with van der Waals surface area (Å²) in [4.78, 5) is 11.3. The van der Waals surface area contributed by atoms with E-state index in [1.807, 2.05) is 0 Å². The van der Waals surface area contributed by atoms with Crippen LogP contribution in [-0.4, -0.2) is 39.3 Å². The normalized spacial score (nSPS) is 11.6. The van der Waals surface area contributed by atoms with Crippen molar-refractivity contribution in [3.05, 3.63) is 18.4 Å². The first-order valence-corrected chi connectivity index (χ1v) is 6.56. The summed E-state index contributed by atoms with van der Waals surface area (Å²) in [7, 11) is 0.